The largest absolute Gasteiger partial charge is 0.492 e. The fraction of sp³-hybridized carbons (Fsp3) is 0.321. The van der Waals surface area contributed by atoms with E-state index < -0.39 is 15.9 Å². The minimum Gasteiger partial charge on any atom is -0.492 e. The number of carbonyl (C=O) groups is 1. The molecule has 7 heteroatoms. The topological polar surface area (TPSA) is 63.7 Å². The normalized spacial score (nSPS) is 11.8. The average molecular weight is 559 g/mol. The molecule has 0 spiro atoms. The lowest BCUT2D eigenvalue weighted by Gasteiger charge is -2.25. The van der Waals surface area contributed by atoms with Gasteiger partial charge in [0.15, 0.2) is 0 Å². The Bertz CT molecular complexity index is 1300. The number of aryl methyl sites for hydroxylation is 1. The number of amides is 1. The SMILES string of the molecule is Cc1cccc(N(C(=O)CCCOc2ccc(C(C)(C)C)cc2Br)S(=O)(=O)c2ccccc2)c1C. The van der Waals surface area contributed by atoms with Gasteiger partial charge in [-0.05, 0) is 88.6 Å². The van der Waals surface area contributed by atoms with Gasteiger partial charge < -0.3 is 4.74 Å². The number of nitrogens with zero attached hydrogens (tertiary/aromatic N) is 1. The number of rotatable bonds is 8. The molecule has 0 radical (unpaired) electrons. The Hall–Kier alpha value is -2.64. The Morgan fingerprint density at radius 3 is 2.29 bits per heavy atom. The van der Waals surface area contributed by atoms with Gasteiger partial charge in [0.2, 0.25) is 5.91 Å². The zero-order valence-corrected chi connectivity index (χ0v) is 23.2. The summed E-state index contributed by atoms with van der Waals surface area (Å²) in [6, 6.07) is 19.4. The summed E-state index contributed by atoms with van der Waals surface area (Å²) in [5, 5.41) is 0. The molecule has 0 unspecified atom stereocenters. The van der Waals surface area contributed by atoms with Crippen molar-refractivity contribution in [2.24, 2.45) is 0 Å². The first kappa shape index (κ1) is 27.0. The number of ether oxygens (including phenoxy) is 1. The van der Waals surface area contributed by atoms with Gasteiger partial charge in [-0.1, -0.05) is 57.2 Å². The molecule has 0 N–H and O–H groups in total. The highest BCUT2D eigenvalue weighted by Crippen LogP contribution is 2.32. The molecule has 0 aliphatic carbocycles. The van der Waals surface area contributed by atoms with Crippen LogP contribution in [0, 0.1) is 13.8 Å². The molecule has 35 heavy (non-hydrogen) atoms. The van der Waals surface area contributed by atoms with Crippen LogP contribution in [0.4, 0.5) is 5.69 Å². The Labute approximate surface area is 217 Å². The number of sulfonamides is 1. The van der Waals surface area contributed by atoms with E-state index in [-0.39, 0.29) is 23.3 Å². The number of anilines is 1. The predicted molar refractivity (Wildman–Crippen MR) is 145 cm³/mol. The van der Waals surface area contributed by atoms with Gasteiger partial charge in [0.1, 0.15) is 5.75 Å². The second kappa shape index (κ2) is 11.0. The van der Waals surface area contributed by atoms with Gasteiger partial charge in [0.05, 0.1) is 21.7 Å². The van der Waals surface area contributed by atoms with Crippen molar-refractivity contribution in [3.63, 3.8) is 0 Å². The number of hydrogen-bond acceptors (Lipinski definition) is 4. The highest BCUT2D eigenvalue weighted by Gasteiger charge is 2.31. The molecule has 3 rings (SSSR count). The van der Waals surface area contributed by atoms with Crippen molar-refractivity contribution < 1.29 is 17.9 Å². The third-order valence-corrected chi connectivity index (χ3v) is 8.26. The zero-order chi connectivity index (χ0) is 25.8. The highest BCUT2D eigenvalue weighted by atomic mass is 79.9. The molecule has 0 fully saturated rings. The van der Waals surface area contributed by atoms with Crippen molar-refractivity contribution in [3.8, 4) is 5.75 Å². The Morgan fingerprint density at radius 2 is 1.66 bits per heavy atom. The van der Waals surface area contributed by atoms with E-state index in [4.69, 9.17) is 4.74 Å². The van der Waals surface area contributed by atoms with Gasteiger partial charge >= 0.3 is 0 Å². The molecule has 0 atom stereocenters. The molecule has 0 aliphatic heterocycles. The number of hydrogen-bond donors (Lipinski definition) is 0. The highest BCUT2D eigenvalue weighted by molar-refractivity contribution is 9.10. The maximum absolute atomic E-state index is 13.5. The van der Waals surface area contributed by atoms with Crippen LogP contribution >= 0.6 is 15.9 Å². The van der Waals surface area contributed by atoms with Gasteiger partial charge in [0, 0.05) is 6.42 Å². The minimum atomic E-state index is -4.07. The van der Waals surface area contributed by atoms with Gasteiger partial charge in [-0.3, -0.25) is 4.79 Å². The summed E-state index contributed by atoms with van der Waals surface area (Å²) in [5.74, 6) is 0.196. The van der Waals surface area contributed by atoms with E-state index in [1.807, 2.05) is 38.1 Å². The summed E-state index contributed by atoms with van der Waals surface area (Å²) in [7, 11) is -4.07. The number of benzene rings is 3. The molecule has 0 saturated heterocycles. The summed E-state index contributed by atoms with van der Waals surface area (Å²) >= 11 is 3.56. The standard InChI is InChI=1S/C28H32BrNO4S/c1-20-11-9-14-25(21(20)2)30(35(32,33)23-12-7-6-8-13-23)27(31)15-10-18-34-26-17-16-22(19-24(26)29)28(3,4)5/h6-9,11-14,16-17,19H,10,15,18H2,1-5H3. The van der Waals surface area contributed by atoms with E-state index in [0.29, 0.717) is 17.9 Å². The third-order valence-electron chi connectivity index (χ3n) is 5.89. The second-order valence-corrected chi connectivity index (χ2v) is 12.2. The van der Waals surface area contributed by atoms with Crippen molar-refractivity contribution >= 4 is 37.5 Å². The maximum Gasteiger partial charge on any atom is 0.270 e. The molecule has 0 saturated carbocycles. The summed E-state index contributed by atoms with van der Waals surface area (Å²) in [6.45, 7) is 10.4. The molecular weight excluding hydrogens is 526 g/mol. The molecule has 0 heterocycles. The van der Waals surface area contributed by atoms with E-state index in [9.17, 15) is 13.2 Å². The molecule has 0 bridgehead atoms. The van der Waals surface area contributed by atoms with Crippen LogP contribution in [0.25, 0.3) is 0 Å². The van der Waals surface area contributed by atoms with E-state index in [1.165, 1.54) is 17.7 Å². The summed E-state index contributed by atoms with van der Waals surface area (Å²) < 4.78 is 34.7. The van der Waals surface area contributed by atoms with Crippen molar-refractivity contribution in [1.29, 1.82) is 0 Å². The fourth-order valence-corrected chi connectivity index (χ4v) is 5.66. The quantitative estimate of drug-likeness (QED) is 0.281. The van der Waals surface area contributed by atoms with Crippen LogP contribution in [0.15, 0.2) is 76.1 Å². The molecule has 0 aromatic heterocycles. The first-order valence-electron chi connectivity index (χ1n) is 11.5. The van der Waals surface area contributed by atoms with Crippen LogP contribution in [0.3, 0.4) is 0 Å². The number of halogens is 1. The monoisotopic (exact) mass is 557 g/mol. The second-order valence-electron chi connectivity index (χ2n) is 9.54. The smallest absolute Gasteiger partial charge is 0.270 e. The Morgan fingerprint density at radius 1 is 0.971 bits per heavy atom. The minimum absolute atomic E-state index is 0.0229. The van der Waals surface area contributed by atoms with Crippen LogP contribution in [-0.4, -0.2) is 20.9 Å². The first-order chi connectivity index (χ1) is 16.4. The van der Waals surface area contributed by atoms with Crippen molar-refractivity contribution in [2.45, 2.75) is 57.8 Å². The lowest BCUT2D eigenvalue weighted by atomic mass is 9.87. The maximum atomic E-state index is 13.5. The fourth-order valence-electron chi connectivity index (χ4n) is 3.64. The van der Waals surface area contributed by atoms with E-state index in [0.717, 1.165) is 19.9 Å². The lowest BCUT2D eigenvalue weighted by molar-refractivity contribution is -0.117. The molecule has 3 aromatic carbocycles. The Kier molecular flexibility index (Phi) is 8.44. The lowest BCUT2D eigenvalue weighted by Crippen LogP contribution is -2.37. The summed E-state index contributed by atoms with van der Waals surface area (Å²) in [5.41, 5.74) is 3.24. The molecule has 0 aliphatic rings. The van der Waals surface area contributed by atoms with Crippen molar-refractivity contribution in [2.75, 3.05) is 10.9 Å². The van der Waals surface area contributed by atoms with E-state index >= 15 is 0 Å². The molecule has 3 aromatic rings. The van der Waals surface area contributed by atoms with Gasteiger partial charge in [-0.15, -0.1) is 0 Å². The van der Waals surface area contributed by atoms with E-state index in [2.05, 4.69) is 36.7 Å². The van der Waals surface area contributed by atoms with Crippen LogP contribution in [-0.2, 0) is 20.2 Å². The number of carbonyl (C=O) groups excluding carboxylic acids is 1. The van der Waals surface area contributed by atoms with Crippen LogP contribution in [0.5, 0.6) is 5.75 Å². The van der Waals surface area contributed by atoms with Crippen molar-refractivity contribution in [3.05, 3.63) is 87.9 Å². The summed E-state index contributed by atoms with van der Waals surface area (Å²) in [4.78, 5) is 13.4. The summed E-state index contributed by atoms with van der Waals surface area (Å²) in [6.07, 6.45) is 0.398. The van der Waals surface area contributed by atoms with E-state index in [1.54, 1.807) is 30.3 Å². The molecule has 5 nitrogen and oxygen atoms in total. The molecule has 1 amide bonds. The third kappa shape index (κ3) is 6.33. The van der Waals surface area contributed by atoms with Gasteiger partial charge in [-0.2, -0.15) is 0 Å². The molecule has 186 valence electrons. The van der Waals surface area contributed by atoms with Crippen molar-refractivity contribution in [1.82, 2.24) is 0 Å². The van der Waals surface area contributed by atoms with Crippen LogP contribution in [0.2, 0.25) is 0 Å². The van der Waals surface area contributed by atoms with Gasteiger partial charge in [-0.25, -0.2) is 12.7 Å². The van der Waals surface area contributed by atoms with Gasteiger partial charge in [0.25, 0.3) is 10.0 Å². The molecular formula is C28H32BrNO4S. The van der Waals surface area contributed by atoms with Crippen LogP contribution < -0.4 is 9.04 Å². The Balaban J connectivity index is 1.78. The predicted octanol–water partition coefficient (Wildman–Crippen LogP) is 6.94. The van der Waals surface area contributed by atoms with Crippen LogP contribution in [0.1, 0.15) is 50.3 Å². The average Bonchev–Trinajstić information content (AvgIpc) is 2.80. The first-order valence-corrected chi connectivity index (χ1v) is 13.8. The zero-order valence-electron chi connectivity index (χ0n) is 20.8.